The summed E-state index contributed by atoms with van der Waals surface area (Å²) in [5, 5.41) is 0. The zero-order valence-corrected chi connectivity index (χ0v) is 13.7. The summed E-state index contributed by atoms with van der Waals surface area (Å²) in [6, 6.07) is 0. The molecule has 2 aliphatic rings. The maximum Gasteiger partial charge on any atom is 0.210 e. The summed E-state index contributed by atoms with van der Waals surface area (Å²) < 4.78 is 0. The van der Waals surface area contributed by atoms with Crippen LogP contribution in [0.15, 0.2) is 0 Å². The molecule has 2 rings (SSSR count). The van der Waals surface area contributed by atoms with Crippen LogP contribution in [0.4, 0.5) is 0 Å². The molecule has 0 heterocycles. The molecule has 0 aromatic heterocycles. The summed E-state index contributed by atoms with van der Waals surface area (Å²) in [6.07, 6.45) is 13.7. The van der Waals surface area contributed by atoms with E-state index in [0.29, 0.717) is 11.8 Å². The van der Waals surface area contributed by atoms with E-state index in [1.54, 1.807) is 0 Å². The minimum Gasteiger partial charge on any atom is -0.116 e. The van der Waals surface area contributed by atoms with Gasteiger partial charge in [0.05, 0.1) is 0 Å². The molecule has 2 fully saturated rings. The SMILES string of the molecule is C[Si](C)(C#CC1CCCCC1)C#CC1CCCCC1. The predicted octanol–water partition coefficient (Wildman–Crippen LogP) is 4.94. The van der Waals surface area contributed by atoms with E-state index in [2.05, 4.69) is 36.0 Å². The highest BCUT2D eigenvalue weighted by atomic mass is 28.3. The van der Waals surface area contributed by atoms with Crippen molar-refractivity contribution in [1.82, 2.24) is 0 Å². The van der Waals surface area contributed by atoms with Gasteiger partial charge in [0, 0.05) is 11.8 Å². The molecule has 0 aliphatic heterocycles. The van der Waals surface area contributed by atoms with E-state index < -0.39 is 8.07 Å². The molecule has 0 aromatic carbocycles. The quantitative estimate of drug-likeness (QED) is 0.433. The highest BCUT2D eigenvalue weighted by Gasteiger charge is 2.17. The van der Waals surface area contributed by atoms with Gasteiger partial charge in [-0.1, -0.05) is 38.5 Å². The molecule has 0 radical (unpaired) electrons. The minimum atomic E-state index is -1.59. The van der Waals surface area contributed by atoms with Crippen molar-refractivity contribution in [3.63, 3.8) is 0 Å². The molecule has 104 valence electrons. The lowest BCUT2D eigenvalue weighted by Gasteiger charge is -2.17. The van der Waals surface area contributed by atoms with E-state index in [-0.39, 0.29) is 0 Å². The Kier molecular flexibility index (Phi) is 5.59. The molecule has 19 heavy (non-hydrogen) atoms. The van der Waals surface area contributed by atoms with Gasteiger partial charge in [0.2, 0.25) is 8.07 Å². The Morgan fingerprint density at radius 3 is 1.37 bits per heavy atom. The van der Waals surface area contributed by atoms with Gasteiger partial charge in [0.15, 0.2) is 0 Å². The van der Waals surface area contributed by atoms with Gasteiger partial charge in [-0.25, -0.2) is 0 Å². The maximum absolute atomic E-state index is 3.58. The van der Waals surface area contributed by atoms with Crippen LogP contribution in [0.2, 0.25) is 13.1 Å². The number of hydrogen-bond acceptors (Lipinski definition) is 0. The molecule has 2 saturated carbocycles. The van der Waals surface area contributed by atoms with Crippen LogP contribution in [0, 0.1) is 34.8 Å². The second-order valence-corrected chi connectivity index (χ2v) is 10.6. The van der Waals surface area contributed by atoms with Crippen molar-refractivity contribution in [1.29, 1.82) is 0 Å². The molecule has 0 aromatic rings. The van der Waals surface area contributed by atoms with Crippen molar-refractivity contribution in [3.8, 4) is 22.9 Å². The van der Waals surface area contributed by atoms with Crippen molar-refractivity contribution in [3.05, 3.63) is 0 Å². The first-order chi connectivity index (χ1) is 9.16. The molecule has 1 heteroatoms. The van der Waals surface area contributed by atoms with Gasteiger partial charge >= 0.3 is 0 Å². The molecule has 0 bridgehead atoms. The Hall–Kier alpha value is -0.663. The summed E-state index contributed by atoms with van der Waals surface area (Å²) in [6.45, 7) is 4.64. The Labute approximate surface area is 120 Å². The fraction of sp³-hybridized carbons (Fsp3) is 0.778. The normalized spacial score (nSPS) is 22.0. The van der Waals surface area contributed by atoms with Crippen molar-refractivity contribution < 1.29 is 0 Å². The maximum atomic E-state index is 3.58. The average Bonchev–Trinajstić information content (AvgIpc) is 2.46. The molecular formula is C18H28Si. The second kappa shape index (κ2) is 7.21. The molecule has 0 saturated heterocycles. The first-order valence-electron chi connectivity index (χ1n) is 8.21. The van der Waals surface area contributed by atoms with Crippen LogP contribution >= 0.6 is 0 Å². The van der Waals surface area contributed by atoms with Crippen LogP contribution in [0.25, 0.3) is 0 Å². The molecule has 0 N–H and O–H groups in total. The summed E-state index contributed by atoms with van der Waals surface area (Å²) in [4.78, 5) is 0. The fourth-order valence-corrected chi connectivity index (χ4v) is 4.28. The molecule has 0 nitrogen and oxygen atoms in total. The third kappa shape index (κ3) is 5.46. The van der Waals surface area contributed by atoms with E-state index in [1.165, 1.54) is 64.2 Å². The first kappa shape index (κ1) is 14.7. The smallest absolute Gasteiger partial charge is 0.116 e. The largest absolute Gasteiger partial charge is 0.210 e. The molecule has 0 unspecified atom stereocenters. The molecule has 0 atom stereocenters. The summed E-state index contributed by atoms with van der Waals surface area (Å²) >= 11 is 0. The molecule has 0 amide bonds. The monoisotopic (exact) mass is 272 g/mol. The summed E-state index contributed by atoms with van der Waals surface area (Å²) in [5.74, 6) is 8.47. The Morgan fingerprint density at radius 2 is 1.00 bits per heavy atom. The second-order valence-electron chi connectivity index (χ2n) is 6.83. The number of hydrogen-bond donors (Lipinski definition) is 0. The Bertz CT molecular complexity index is 349. The molecular weight excluding hydrogens is 244 g/mol. The van der Waals surface area contributed by atoms with Gasteiger partial charge in [0.25, 0.3) is 0 Å². The van der Waals surface area contributed by atoms with E-state index in [1.807, 2.05) is 0 Å². The lowest BCUT2D eigenvalue weighted by Crippen LogP contribution is -2.22. The van der Waals surface area contributed by atoms with E-state index in [0.717, 1.165) is 0 Å². The lowest BCUT2D eigenvalue weighted by atomic mass is 9.90. The average molecular weight is 273 g/mol. The fourth-order valence-electron chi connectivity index (χ4n) is 3.09. The van der Waals surface area contributed by atoms with Crippen molar-refractivity contribution in [2.24, 2.45) is 11.8 Å². The van der Waals surface area contributed by atoms with Gasteiger partial charge in [-0.3, -0.25) is 0 Å². The van der Waals surface area contributed by atoms with Crippen LogP contribution in [0.3, 0.4) is 0 Å². The topological polar surface area (TPSA) is 0 Å². The zero-order chi connectivity index (χ0) is 13.6. The van der Waals surface area contributed by atoms with E-state index >= 15 is 0 Å². The molecule has 0 spiro atoms. The first-order valence-corrected chi connectivity index (χ1v) is 11.2. The minimum absolute atomic E-state index is 0.678. The van der Waals surface area contributed by atoms with Gasteiger partial charge < -0.3 is 0 Å². The van der Waals surface area contributed by atoms with Crippen molar-refractivity contribution >= 4 is 8.07 Å². The lowest BCUT2D eigenvalue weighted by molar-refractivity contribution is 0.430. The highest BCUT2D eigenvalue weighted by molar-refractivity contribution is 6.92. The van der Waals surface area contributed by atoms with Gasteiger partial charge in [-0.2, -0.15) is 0 Å². The predicted molar refractivity (Wildman–Crippen MR) is 86.2 cm³/mol. The van der Waals surface area contributed by atoms with E-state index in [4.69, 9.17) is 0 Å². The van der Waals surface area contributed by atoms with Crippen molar-refractivity contribution in [2.45, 2.75) is 77.3 Å². The Balaban J connectivity index is 1.90. The van der Waals surface area contributed by atoms with Crippen LogP contribution < -0.4 is 0 Å². The highest BCUT2D eigenvalue weighted by Crippen LogP contribution is 2.24. The summed E-state index contributed by atoms with van der Waals surface area (Å²) in [5.41, 5.74) is 7.17. The van der Waals surface area contributed by atoms with Gasteiger partial charge in [0.1, 0.15) is 0 Å². The van der Waals surface area contributed by atoms with Crippen LogP contribution in [-0.4, -0.2) is 8.07 Å². The summed E-state index contributed by atoms with van der Waals surface area (Å²) in [7, 11) is -1.59. The van der Waals surface area contributed by atoms with E-state index in [9.17, 15) is 0 Å². The van der Waals surface area contributed by atoms with Gasteiger partial charge in [-0.15, -0.1) is 22.9 Å². The standard InChI is InChI=1S/C18H28Si/c1-19(2,15-13-17-9-5-3-6-10-17)16-14-18-11-7-4-8-12-18/h17-18H,3-12H2,1-2H3. The van der Waals surface area contributed by atoms with Crippen LogP contribution in [0.5, 0.6) is 0 Å². The third-order valence-corrected chi connectivity index (χ3v) is 5.93. The van der Waals surface area contributed by atoms with Gasteiger partial charge in [-0.05, 0) is 38.8 Å². The van der Waals surface area contributed by atoms with Crippen molar-refractivity contribution in [2.75, 3.05) is 0 Å². The zero-order valence-electron chi connectivity index (χ0n) is 12.7. The van der Waals surface area contributed by atoms with Crippen LogP contribution in [-0.2, 0) is 0 Å². The molecule has 2 aliphatic carbocycles. The Morgan fingerprint density at radius 1 is 0.632 bits per heavy atom. The third-order valence-electron chi connectivity index (χ3n) is 4.39. The number of rotatable bonds is 0. The van der Waals surface area contributed by atoms with Crippen LogP contribution in [0.1, 0.15) is 64.2 Å².